The number of hydrogen-bond acceptors (Lipinski definition) is 3. The number of rotatable bonds is 10. The van der Waals surface area contributed by atoms with Crippen molar-refractivity contribution in [2.24, 2.45) is 0 Å². The first-order valence-corrected chi connectivity index (χ1v) is 12.4. The molecule has 3 nitrogen and oxygen atoms in total. The van der Waals surface area contributed by atoms with Gasteiger partial charge in [0.15, 0.2) is 17.9 Å². The highest BCUT2D eigenvalue weighted by molar-refractivity contribution is 5.71. The van der Waals surface area contributed by atoms with Gasteiger partial charge in [0.1, 0.15) is 12.4 Å². The molecule has 1 fully saturated rings. The number of halogens is 3. The van der Waals surface area contributed by atoms with Crippen molar-refractivity contribution in [3.05, 3.63) is 90.3 Å². The van der Waals surface area contributed by atoms with Crippen LogP contribution in [-0.4, -0.2) is 26.1 Å². The molecule has 0 N–H and O–H groups in total. The SMILES string of the molecule is C=CCOc1ccc(-c2ccc(-c3ccc(C4COC(CCCCC)OC4)cc3F)cc2)c(F)c1F. The van der Waals surface area contributed by atoms with Crippen LogP contribution in [0.3, 0.4) is 0 Å². The highest BCUT2D eigenvalue weighted by Crippen LogP contribution is 2.33. The van der Waals surface area contributed by atoms with E-state index in [1.165, 1.54) is 24.3 Å². The van der Waals surface area contributed by atoms with Crippen molar-refractivity contribution in [3.8, 4) is 28.0 Å². The third-order valence-electron chi connectivity index (χ3n) is 6.39. The van der Waals surface area contributed by atoms with Gasteiger partial charge in [0, 0.05) is 17.0 Å². The lowest BCUT2D eigenvalue weighted by Gasteiger charge is -2.30. The van der Waals surface area contributed by atoms with Crippen LogP contribution in [0.15, 0.2) is 67.3 Å². The van der Waals surface area contributed by atoms with Crippen molar-refractivity contribution in [3.63, 3.8) is 0 Å². The van der Waals surface area contributed by atoms with Gasteiger partial charge in [-0.05, 0) is 47.7 Å². The lowest BCUT2D eigenvalue weighted by atomic mass is 9.95. The first-order chi connectivity index (χ1) is 17.5. The Hall–Kier alpha value is -3.09. The molecule has 4 rings (SSSR count). The summed E-state index contributed by atoms with van der Waals surface area (Å²) in [6.45, 7) is 6.74. The molecule has 0 saturated carbocycles. The van der Waals surface area contributed by atoms with Gasteiger partial charge in [-0.3, -0.25) is 0 Å². The summed E-state index contributed by atoms with van der Waals surface area (Å²) in [6, 6.07) is 14.7. The lowest BCUT2D eigenvalue weighted by Crippen LogP contribution is -2.30. The molecule has 1 saturated heterocycles. The minimum absolute atomic E-state index is 0.0188. The Balaban J connectivity index is 1.44. The molecular formula is C30H31F3O3. The molecule has 6 heteroatoms. The molecule has 0 bridgehead atoms. The van der Waals surface area contributed by atoms with E-state index in [2.05, 4.69) is 13.5 Å². The van der Waals surface area contributed by atoms with E-state index < -0.39 is 11.6 Å². The molecule has 0 amide bonds. The Morgan fingerprint density at radius 3 is 2.19 bits per heavy atom. The quantitative estimate of drug-likeness (QED) is 0.210. The van der Waals surface area contributed by atoms with Crippen LogP contribution in [-0.2, 0) is 9.47 Å². The normalized spacial score (nSPS) is 17.7. The van der Waals surface area contributed by atoms with E-state index in [0.717, 1.165) is 31.2 Å². The zero-order chi connectivity index (χ0) is 25.5. The minimum Gasteiger partial charge on any atom is -0.486 e. The summed E-state index contributed by atoms with van der Waals surface area (Å²) in [5, 5.41) is 0. The Morgan fingerprint density at radius 1 is 0.889 bits per heavy atom. The molecule has 1 heterocycles. The number of hydrogen-bond donors (Lipinski definition) is 0. The van der Waals surface area contributed by atoms with Crippen LogP contribution in [0.2, 0.25) is 0 Å². The molecule has 1 aliphatic heterocycles. The number of benzene rings is 3. The van der Waals surface area contributed by atoms with Gasteiger partial charge < -0.3 is 14.2 Å². The zero-order valence-corrected chi connectivity index (χ0v) is 20.4. The van der Waals surface area contributed by atoms with E-state index in [1.54, 1.807) is 30.3 Å². The maximum Gasteiger partial charge on any atom is 0.201 e. The monoisotopic (exact) mass is 496 g/mol. The predicted octanol–water partition coefficient (Wildman–Crippen LogP) is 8.04. The summed E-state index contributed by atoms with van der Waals surface area (Å²) in [5.74, 6) is -2.59. The molecule has 0 aromatic heterocycles. The van der Waals surface area contributed by atoms with Gasteiger partial charge in [-0.15, -0.1) is 0 Å². The second-order valence-corrected chi connectivity index (χ2v) is 8.94. The molecule has 0 aliphatic carbocycles. The Bertz CT molecular complexity index is 1170. The van der Waals surface area contributed by atoms with Crippen molar-refractivity contribution < 1.29 is 27.4 Å². The van der Waals surface area contributed by atoms with Crippen molar-refractivity contribution in [2.75, 3.05) is 19.8 Å². The van der Waals surface area contributed by atoms with Gasteiger partial charge in [-0.2, -0.15) is 4.39 Å². The Labute approximate surface area is 210 Å². The first kappa shape index (κ1) is 26.0. The van der Waals surface area contributed by atoms with Gasteiger partial charge >= 0.3 is 0 Å². The van der Waals surface area contributed by atoms with Gasteiger partial charge in [0.2, 0.25) is 5.82 Å². The molecule has 36 heavy (non-hydrogen) atoms. The zero-order valence-electron chi connectivity index (χ0n) is 20.4. The topological polar surface area (TPSA) is 27.7 Å². The van der Waals surface area contributed by atoms with Gasteiger partial charge in [0.25, 0.3) is 0 Å². The van der Waals surface area contributed by atoms with E-state index in [1.807, 2.05) is 6.07 Å². The predicted molar refractivity (Wildman–Crippen MR) is 135 cm³/mol. The van der Waals surface area contributed by atoms with E-state index in [0.29, 0.717) is 29.9 Å². The maximum absolute atomic E-state index is 15.0. The molecule has 3 aromatic rings. The smallest absolute Gasteiger partial charge is 0.201 e. The van der Waals surface area contributed by atoms with Gasteiger partial charge in [-0.1, -0.05) is 68.8 Å². The van der Waals surface area contributed by atoms with E-state index >= 15 is 4.39 Å². The van der Waals surface area contributed by atoms with Gasteiger partial charge in [0.05, 0.1) is 13.2 Å². The highest BCUT2D eigenvalue weighted by Gasteiger charge is 2.24. The van der Waals surface area contributed by atoms with E-state index in [-0.39, 0.29) is 35.9 Å². The van der Waals surface area contributed by atoms with E-state index in [9.17, 15) is 8.78 Å². The van der Waals surface area contributed by atoms with Crippen LogP contribution in [0.5, 0.6) is 5.75 Å². The minimum atomic E-state index is -1.05. The average Bonchev–Trinajstić information content (AvgIpc) is 2.90. The molecular weight excluding hydrogens is 465 g/mol. The van der Waals surface area contributed by atoms with Crippen molar-refractivity contribution in [2.45, 2.75) is 44.8 Å². The fraction of sp³-hybridized carbons (Fsp3) is 0.333. The van der Waals surface area contributed by atoms with Crippen LogP contribution >= 0.6 is 0 Å². The maximum atomic E-state index is 15.0. The summed E-state index contributed by atoms with van der Waals surface area (Å²) < 4.78 is 60.8. The molecule has 0 unspecified atom stereocenters. The third-order valence-corrected chi connectivity index (χ3v) is 6.39. The number of unbranched alkanes of at least 4 members (excludes halogenated alkanes) is 2. The largest absolute Gasteiger partial charge is 0.486 e. The molecule has 190 valence electrons. The van der Waals surface area contributed by atoms with Crippen LogP contribution in [0, 0.1) is 17.5 Å². The van der Waals surface area contributed by atoms with Crippen LogP contribution in [0.25, 0.3) is 22.3 Å². The summed E-state index contributed by atoms with van der Waals surface area (Å²) in [5.41, 5.74) is 2.48. The summed E-state index contributed by atoms with van der Waals surface area (Å²) in [7, 11) is 0. The summed E-state index contributed by atoms with van der Waals surface area (Å²) >= 11 is 0. The van der Waals surface area contributed by atoms with Crippen LogP contribution < -0.4 is 4.74 Å². The van der Waals surface area contributed by atoms with Gasteiger partial charge in [-0.25, -0.2) is 8.78 Å². The first-order valence-electron chi connectivity index (χ1n) is 12.4. The second kappa shape index (κ2) is 12.2. The molecule has 0 atom stereocenters. The van der Waals surface area contributed by atoms with Crippen molar-refractivity contribution in [1.82, 2.24) is 0 Å². The fourth-order valence-electron chi connectivity index (χ4n) is 4.33. The standard InChI is InChI=1S/C30H31F3O3/c1-3-5-6-7-28-35-18-23(19-36-28)22-12-13-24(26(31)17-22)20-8-10-21(11-9-20)25-14-15-27(34-16-4-2)30(33)29(25)32/h4,8-15,17,23,28H,2-3,5-7,16,18-19H2,1H3. The lowest BCUT2D eigenvalue weighted by molar-refractivity contribution is -0.190. The fourth-order valence-corrected chi connectivity index (χ4v) is 4.33. The van der Waals surface area contributed by atoms with E-state index in [4.69, 9.17) is 14.2 Å². The summed E-state index contributed by atoms with van der Waals surface area (Å²) in [6.07, 6.45) is 5.54. The average molecular weight is 497 g/mol. The number of ether oxygens (including phenoxy) is 3. The van der Waals surface area contributed by atoms with Crippen molar-refractivity contribution in [1.29, 1.82) is 0 Å². The molecule has 0 radical (unpaired) electrons. The third kappa shape index (κ3) is 6.00. The molecule has 3 aromatic carbocycles. The van der Waals surface area contributed by atoms with Crippen molar-refractivity contribution >= 4 is 0 Å². The second-order valence-electron chi connectivity index (χ2n) is 8.94. The Kier molecular flexibility index (Phi) is 8.83. The highest BCUT2D eigenvalue weighted by atomic mass is 19.2. The Morgan fingerprint density at radius 2 is 1.56 bits per heavy atom. The molecule has 0 spiro atoms. The van der Waals surface area contributed by atoms with Crippen LogP contribution in [0.4, 0.5) is 13.2 Å². The van der Waals surface area contributed by atoms with Crippen LogP contribution in [0.1, 0.15) is 44.1 Å². The summed E-state index contributed by atoms with van der Waals surface area (Å²) in [4.78, 5) is 0. The molecule has 1 aliphatic rings.